The molecular weight excluding hydrogens is 328 g/mol. The van der Waals surface area contributed by atoms with E-state index in [1.807, 2.05) is 60.8 Å². The van der Waals surface area contributed by atoms with Gasteiger partial charge in [-0.05, 0) is 42.2 Å². The number of hydrogen-bond acceptors (Lipinski definition) is 3. The van der Waals surface area contributed by atoms with Crippen LogP contribution in [0.15, 0.2) is 53.9 Å². The number of anilines is 1. The third kappa shape index (κ3) is 4.15. The highest BCUT2D eigenvalue weighted by Crippen LogP contribution is 2.24. The Morgan fingerprint density at radius 2 is 1.64 bits per heavy atom. The van der Waals surface area contributed by atoms with E-state index < -0.39 is 0 Å². The first kappa shape index (κ1) is 17.4. The van der Waals surface area contributed by atoms with Crippen LogP contribution in [-0.2, 0) is 5.41 Å². The van der Waals surface area contributed by atoms with Gasteiger partial charge in [0.05, 0.1) is 10.7 Å². The third-order valence-corrected chi connectivity index (χ3v) is 4.84. The maximum atomic E-state index is 12.4. The van der Waals surface area contributed by atoms with Crippen LogP contribution in [0.5, 0.6) is 0 Å². The molecule has 0 aliphatic rings. The number of rotatable bonds is 3. The first-order valence-electron chi connectivity index (χ1n) is 8.27. The van der Waals surface area contributed by atoms with Crippen LogP contribution >= 0.6 is 11.3 Å². The number of carbonyl (C=O) groups is 1. The largest absolute Gasteiger partial charge is 0.322 e. The molecule has 2 aromatic carbocycles. The lowest BCUT2D eigenvalue weighted by Gasteiger charge is -2.19. The van der Waals surface area contributed by atoms with Crippen molar-refractivity contribution in [1.29, 1.82) is 0 Å². The minimum Gasteiger partial charge on any atom is -0.322 e. The van der Waals surface area contributed by atoms with Gasteiger partial charge in [-0.25, -0.2) is 4.98 Å². The van der Waals surface area contributed by atoms with Crippen molar-refractivity contribution in [1.82, 2.24) is 4.98 Å². The van der Waals surface area contributed by atoms with E-state index in [0.29, 0.717) is 5.56 Å². The zero-order valence-electron chi connectivity index (χ0n) is 15.0. The lowest BCUT2D eigenvalue weighted by molar-refractivity contribution is 0.102. The molecular formula is C21H22N2OS. The monoisotopic (exact) mass is 350 g/mol. The summed E-state index contributed by atoms with van der Waals surface area (Å²) in [6.07, 6.45) is 0. The molecule has 0 unspecified atom stereocenters. The van der Waals surface area contributed by atoms with E-state index in [1.54, 1.807) is 11.3 Å². The highest BCUT2D eigenvalue weighted by Gasteiger charge is 2.14. The van der Waals surface area contributed by atoms with E-state index in [2.05, 4.69) is 31.1 Å². The average Bonchev–Trinajstić information content (AvgIpc) is 3.01. The van der Waals surface area contributed by atoms with Crippen molar-refractivity contribution < 1.29 is 4.79 Å². The summed E-state index contributed by atoms with van der Waals surface area (Å²) in [5.41, 5.74) is 4.76. The molecule has 3 aromatic rings. The van der Waals surface area contributed by atoms with Crippen molar-refractivity contribution >= 4 is 22.9 Å². The van der Waals surface area contributed by atoms with Gasteiger partial charge in [0.1, 0.15) is 0 Å². The van der Waals surface area contributed by atoms with Crippen LogP contribution in [0.25, 0.3) is 11.3 Å². The molecule has 0 saturated carbocycles. The third-order valence-electron chi connectivity index (χ3n) is 4.07. The Morgan fingerprint density at radius 3 is 2.16 bits per heavy atom. The van der Waals surface area contributed by atoms with Crippen LogP contribution in [0.2, 0.25) is 0 Å². The Morgan fingerprint density at radius 1 is 1.00 bits per heavy atom. The van der Waals surface area contributed by atoms with Crippen molar-refractivity contribution in [2.45, 2.75) is 33.1 Å². The summed E-state index contributed by atoms with van der Waals surface area (Å²) < 4.78 is 0. The summed E-state index contributed by atoms with van der Waals surface area (Å²) in [4.78, 5) is 16.9. The van der Waals surface area contributed by atoms with Gasteiger partial charge in [-0.3, -0.25) is 4.79 Å². The fourth-order valence-corrected chi connectivity index (χ4v) is 3.17. The summed E-state index contributed by atoms with van der Waals surface area (Å²) >= 11 is 1.63. The number of aromatic nitrogens is 1. The molecule has 0 aliphatic carbocycles. The van der Waals surface area contributed by atoms with Crippen molar-refractivity contribution in [3.8, 4) is 11.3 Å². The quantitative estimate of drug-likeness (QED) is 0.661. The predicted octanol–water partition coefficient (Wildman–Crippen LogP) is 5.67. The Balaban J connectivity index is 1.70. The molecule has 0 bridgehead atoms. The maximum Gasteiger partial charge on any atom is 0.255 e. The topological polar surface area (TPSA) is 42.0 Å². The first-order chi connectivity index (χ1) is 11.8. The predicted molar refractivity (Wildman–Crippen MR) is 105 cm³/mol. The zero-order chi connectivity index (χ0) is 18.0. The highest BCUT2D eigenvalue weighted by atomic mass is 32.1. The van der Waals surface area contributed by atoms with E-state index in [1.165, 1.54) is 5.56 Å². The van der Waals surface area contributed by atoms with Gasteiger partial charge < -0.3 is 5.32 Å². The Hall–Kier alpha value is -2.46. The van der Waals surface area contributed by atoms with Crippen molar-refractivity contribution in [2.75, 3.05) is 5.32 Å². The molecule has 0 saturated heterocycles. The van der Waals surface area contributed by atoms with Gasteiger partial charge in [-0.2, -0.15) is 0 Å². The number of benzene rings is 2. The number of carbonyl (C=O) groups excluding carboxylic acids is 1. The fraction of sp³-hybridized carbons (Fsp3) is 0.238. The summed E-state index contributed by atoms with van der Waals surface area (Å²) in [7, 11) is 0. The van der Waals surface area contributed by atoms with Crippen molar-refractivity contribution in [2.24, 2.45) is 0 Å². The van der Waals surface area contributed by atoms with Crippen LogP contribution in [0.3, 0.4) is 0 Å². The molecule has 0 fully saturated rings. The van der Waals surface area contributed by atoms with Gasteiger partial charge in [0.2, 0.25) is 0 Å². The second-order valence-corrected chi connectivity index (χ2v) is 8.17. The molecule has 1 heterocycles. The molecule has 1 aromatic heterocycles. The average molecular weight is 350 g/mol. The smallest absolute Gasteiger partial charge is 0.255 e. The second kappa shape index (κ2) is 6.81. The van der Waals surface area contributed by atoms with Crippen LogP contribution in [0.4, 0.5) is 5.69 Å². The van der Waals surface area contributed by atoms with E-state index in [4.69, 9.17) is 0 Å². The standard InChI is InChI=1S/C21H22N2OS/c1-14-22-19(13-25-14)15-7-11-18(12-8-15)23-20(24)16-5-9-17(10-6-16)21(2,3)4/h5-13H,1-4H3,(H,23,24). The lowest BCUT2D eigenvalue weighted by Crippen LogP contribution is -2.14. The maximum absolute atomic E-state index is 12.4. The fourth-order valence-electron chi connectivity index (χ4n) is 2.55. The molecule has 0 aliphatic heterocycles. The summed E-state index contributed by atoms with van der Waals surface area (Å²) in [5.74, 6) is -0.0993. The van der Waals surface area contributed by atoms with Crippen LogP contribution in [-0.4, -0.2) is 10.9 Å². The number of aryl methyl sites for hydroxylation is 1. The highest BCUT2D eigenvalue weighted by molar-refractivity contribution is 7.09. The first-order valence-corrected chi connectivity index (χ1v) is 9.15. The van der Waals surface area contributed by atoms with Gasteiger partial charge >= 0.3 is 0 Å². The Labute approximate surface area is 152 Å². The van der Waals surface area contributed by atoms with E-state index in [9.17, 15) is 4.79 Å². The van der Waals surface area contributed by atoms with E-state index in [0.717, 1.165) is 22.0 Å². The van der Waals surface area contributed by atoms with E-state index >= 15 is 0 Å². The molecule has 0 radical (unpaired) electrons. The molecule has 128 valence electrons. The number of hydrogen-bond donors (Lipinski definition) is 1. The summed E-state index contributed by atoms with van der Waals surface area (Å²) in [5, 5.41) is 6.03. The Bertz CT molecular complexity index is 872. The molecule has 3 nitrogen and oxygen atoms in total. The number of thiazole rings is 1. The molecule has 1 amide bonds. The van der Waals surface area contributed by atoms with Gasteiger partial charge in [-0.1, -0.05) is 45.0 Å². The van der Waals surface area contributed by atoms with Crippen LogP contribution in [0.1, 0.15) is 41.7 Å². The van der Waals surface area contributed by atoms with Crippen LogP contribution < -0.4 is 5.32 Å². The molecule has 4 heteroatoms. The number of nitrogens with zero attached hydrogens (tertiary/aromatic N) is 1. The lowest BCUT2D eigenvalue weighted by atomic mass is 9.87. The minimum atomic E-state index is -0.0993. The normalized spacial score (nSPS) is 11.4. The van der Waals surface area contributed by atoms with Crippen molar-refractivity contribution in [3.63, 3.8) is 0 Å². The SMILES string of the molecule is Cc1nc(-c2ccc(NC(=O)c3ccc(C(C)(C)C)cc3)cc2)cs1. The molecule has 1 N–H and O–H groups in total. The van der Waals surface area contributed by atoms with Gasteiger partial charge in [-0.15, -0.1) is 11.3 Å². The van der Waals surface area contributed by atoms with E-state index in [-0.39, 0.29) is 11.3 Å². The molecule has 3 rings (SSSR count). The van der Waals surface area contributed by atoms with Gasteiger partial charge in [0.25, 0.3) is 5.91 Å². The summed E-state index contributed by atoms with van der Waals surface area (Å²) in [6.45, 7) is 8.47. The van der Waals surface area contributed by atoms with Gasteiger partial charge in [0, 0.05) is 22.2 Å². The van der Waals surface area contributed by atoms with Gasteiger partial charge in [0.15, 0.2) is 0 Å². The zero-order valence-corrected chi connectivity index (χ0v) is 15.8. The molecule has 25 heavy (non-hydrogen) atoms. The molecule has 0 atom stereocenters. The molecule has 0 spiro atoms. The number of nitrogens with one attached hydrogen (secondary N) is 1. The van der Waals surface area contributed by atoms with Crippen LogP contribution in [0, 0.1) is 6.92 Å². The second-order valence-electron chi connectivity index (χ2n) is 7.11. The number of amides is 1. The summed E-state index contributed by atoms with van der Waals surface area (Å²) in [6, 6.07) is 15.6. The Kier molecular flexibility index (Phi) is 4.73. The van der Waals surface area contributed by atoms with Crippen molar-refractivity contribution in [3.05, 3.63) is 70.0 Å². The minimum absolute atomic E-state index is 0.0822.